The van der Waals surface area contributed by atoms with Gasteiger partial charge >= 0.3 is 0 Å². The van der Waals surface area contributed by atoms with Gasteiger partial charge in [-0.25, -0.2) is 0 Å². The maximum atomic E-state index is 6.40. The van der Waals surface area contributed by atoms with Crippen molar-refractivity contribution in [2.75, 3.05) is 0 Å². The molecule has 1 heterocycles. The number of nitrogens with zero attached hydrogens (tertiary/aromatic N) is 1. The van der Waals surface area contributed by atoms with Gasteiger partial charge in [-0.2, -0.15) is 0 Å². The molecule has 3 nitrogen and oxygen atoms in total. The van der Waals surface area contributed by atoms with Crippen LogP contribution in [0.2, 0.25) is 5.02 Å². The Labute approximate surface area is 152 Å². The van der Waals surface area contributed by atoms with E-state index in [1.165, 1.54) is 17.5 Å². The van der Waals surface area contributed by atoms with E-state index in [0.717, 1.165) is 40.8 Å². The van der Waals surface area contributed by atoms with Crippen molar-refractivity contribution in [2.24, 2.45) is 5.41 Å². The molecule has 0 saturated heterocycles. The van der Waals surface area contributed by atoms with Gasteiger partial charge in [-0.05, 0) is 67.0 Å². The van der Waals surface area contributed by atoms with Crippen LogP contribution in [0.4, 0.5) is 0 Å². The lowest BCUT2D eigenvalue weighted by molar-refractivity contribution is 0.299. The van der Waals surface area contributed by atoms with Crippen LogP contribution in [0.5, 0.6) is 5.75 Å². The van der Waals surface area contributed by atoms with Crippen molar-refractivity contribution in [3.8, 4) is 5.75 Å². The van der Waals surface area contributed by atoms with Gasteiger partial charge in [-0.3, -0.25) is 0 Å². The molecule has 0 amide bonds. The first-order valence-corrected chi connectivity index (χ1v) is 9.08. The zero-order valence-corrected chi connectivity index (χ0v) is 15.6. The fraction of sp³-hybridized carbons (Fsp3) is 0.381. The van der Waals surface area contributed by atoms with E-state index in [9.17, 15) is 0 Å². The zero-order valence-electron chi connectivity index (χ0n) is 14.9. The molecule has 4 rings (SSSR count). The lowest BCUT2D eigenvalue weighted by Crippen LogP contribution is -2.22. The van der Waals surface area contributed by atoms with E-state index in [4.69, 9.17) is 20.9 Å². The highest BCUT2D eigenvalue weighted by molar-refractivity contribution is 6.32. The van der Waals surface area contributed by atoms with Crippen LogP contribution in [-0.4, -0.2) is 5.16 Å². The van der Waals surface area contributed by atoms with Gasteiger partial charge in [0.1, 0.15) is 12.4 Å². The average Bonchev–Trinajstić information content (AvgIpc) is 2.92. The molecule has 0 fully saturated rings. The van der Waals surface area contributed by atoms with Crippen LogP contribution >= 0.6 is 11.6 Å². The molecule has 0 aliphatic heterocycles. The second kappa shape index (κ2) is 6.06. The second-order valence-electron chi connectivity index (χ2n) is 7.77. The number of ether oxygens (including phenoxy) is 1. The topological polar surface area (TPSA) is 35.3 Å². The van der Waals surface area contributed by atoms with E-state index in [-0.39, 0.29) is 0 Å². The fourth-order valence-corrected chi connectivity index (χ4v) is 3.78. The largest absolute Gasteiger partial charge is 0.489 e. The van der Waals surface area contributed by atoms with Crippen molar-refractivity contribution in [2.45, 2.75) is 46.6 Å². The Balaban J connectivity index is 1.53. The Morgan fingerprint density at radius 2 is 2.04 bits per heavy atom. The first-order chi connectivity index (χ1) is 11.9. The third kappa shape index (κ3) is 3.25. The van der Waals surface area contributed by atoms with Crippen molar-refractivity contribution in [3.05, 3.63) is 57.7 Å². The highest BCUT2D eigenvalue weighted by Crippen LogP contribution is 2.36. The van der Waals surface area contributed by atoms with E-state index in [2.05, 4.69) is 37.2 Å². The maximum absolute atomic E-state index is 6.40. The van der Waals surface area contributed by atoms with E-state index in [1.54, 1.807) is 0 Å². The lowest BCUT2D eigenvalue weighted by atomic mass is 9.74. The molecule has 0 bridgehead atoms. The molecule has 2 aromatic carbocycles. The Morgan fingerprint density at radius 3 is 2.88 bits per heavy atom. The minimum absolute atomic E-state index is 0.396. The summed E-state index contributed by atoms with van der Waals surface area (Å²) in [5.74, 6) is 0.892. The highest BCUT2D eigenvalue weighted by Gasteiger charge is 2.25. The fourth-order valence-electron chi connectivity index (χ4n) is 3.57. The molecule has 0 radical (unpaired) electrons. The third-order valence-corrected chi connectivity index (χ3v) is 5.48. The Bertz CT molecular complexity index is 942. The minimum atomic E-state index is 0.396. The van der Waals surface area contributed by atoms with Gasteiger partial charge < -0.3 is 9.26 Å². The molecular weight excluding hydrogens is 334 g/mol. The standard InChI is InChI=1S/C21H22ClNO2/c1-13-18-10-19(22)16(9-20(18)25-23-13)12-24-17-5-4-15-11-21(2,3)7-6-14(15)8-17/h4-5,8-10H,6-7,11-12H2,1-3H3. The Hall–Kier alpha value is -2.00. The van der Waals surface area contributed by atoms with Crippen LogP contribution in [0.25, 0.3) is 11.0 Å². The molecule has 3 aromatic rings. The molecule has 1 aliphatic rings. The summed E-state index contributed by atoms with van der Waals surface area (Å²) in [6.45, 7) is 7.00. The predicted molar refractivity (Wildman–Crippen MR) is 100 cm³/mol. The first kappa shape index (κ1) is 16.5. The summed E-state index contributed by atoms with van der Waals surface area (Å²) in [5, 5.41) is 5.61. The Kier molecular flexibility index (Phi) is 3.99. The lowest BCUT2D eigenvalue weighted by Gasteiger charge is -2.31. The van der Waals surface area contributed by atoms with Crippen LogP contribution in [0.3, 0.4) is 0 Å². The van der Waals surface area contributed by atoms with Gasteiger partial charge in [0.2, 0.25) is 0 Å². The molecule has 0 atom stereocenters. The summed E-state index contributed by atoms with van der Waals surface area (Å²) in [4.78, 5) is 0. The van der Waals surface area contributed by atoms with Crippen LogP contribution < -0.4 is 4.74 Å². The normalized spacial score (nSPS) is 16.0. The number of hydrogen-bond donors (Lipinski definition) is 0. The molecule has 0 N–H and O–H groups in total. The molecule has 0 spiro atoms. The molecule has 0 saturated carbocycles. The van der Waals surface area contributed by atoms with E-state index >= 15 is 0 Å². The SMILES string of the molecule is Cc1noc2cc(COc3ccc4c(c3)CCC(C)(C)C4)c(Cl)cc12. The van der Waals surface area contributed by atoms with E-state index in [1.807, 2.05) is 19.1 Å². The summed E-state index contributed by atoms with van der Waals surface area (Å²) < 4.78 is 11.3. The van der Waals surface area contributed by atoms with Crippen molar-refractivity contribution in [3.63, 3.8) is 0 Å². The highest BCUT2D eigenvalue weighted by atomic mass is 35.5. The van der Waals surface area contributed by atoms with Crippen LogP contribution in [0, 0.1) is 12.3 Å². The summed E-state index contributed by atoms with van der Waals surface area (Å²) in [6.07, 6.45) is 3.47. The van der Waals surface area contributed by atoms with Gasteiger partial charge in [0, 0.05) is 16.0 Å². The van der Waals surface area contributed by atoms with Gasteiger partial charge in [-0.1, -0.05) is 36.7 Å². The maximum Gasteiger partial charge on any atom is 0.167 e. The van der Waals surface area contributed by atoms with Crippen LogP contribution in [0.1, 0.15) is 42.7 Å². The van der Waals surface area contributed by atoms with Crippen molar-refractivity contribution >= 4 is 22.6 Å². The van der Waals surface area contributed by atoms with Gasteiger partial charge in [0.25, 0.3) is 0 Å². The monoisotopic (exact) mass is 355 g/mol. The number of benzene rings is 2. The number of aryl methyl sites for hydroxylation is 2. The van der Waals surface area contributed by atoms with Crippen LogP contribution in [-0.2, 0) is 19.4 Å². The molecule has 4 heteroatoms. The third-order valence-electron chi connectivity index (χ3n) is 5.13. The first-order valence-electron chi connectivity index (χ1n) is 8.70. The van der Waals surface area contributed by atoms with Gasteiger partial charge in [0.15, 0.2) is 5.58 Å². The predicted octanol–water partition coefficient (Wildman–Crippen LogP) is 5.88. The van der Waals surface area contributed by atoms with Gasteiger partial charge in [-0.15, -0.1) is 0 Å². The van der Waals surface area contributed by atoms with Crippen LogP contribution in [0.15, 0.2) is 34.9 Å². The Morgan fingerprint density at radius 1 is 1.20 bits per heavy atom. The quantitative estimate of drug-likeness (QED) is 0.588. The number of fused-ring (bicyclic) bond motifs is 2. The summed E-state index contributed by atoms with van der Waals surface area (Å²) in [6, 6.07) is 10.3. The number of halogens is 1. The molecule has 1 aliphatic carbocycles. The molecule has 0 unspecified atom stereocenters. The number of aromatic nitrogens is 1. The second-order valence-corrected chi connectivity index (χ2v) is 8.18. The molecule has 25 heavy (non-hydrogen) atoms. The molecule has 1 aromatic heterocycles. The van der Waals surface area contributed by atoms with Crippen molar-refractivity contribution in [1.82, 2.24) is 5.16 Å². The summed E-state index contributed by atoms with van der Waals surface area (Å²) in [7, 11) is 0. The van der Waals surface area contributed by atoms with Gasteiger partial charge in [0.05, 0.1) is 5.69 Å². The van der Waals surface area contributed by atoms with Crippen molar-refractivity contribution in [1.29, 1.82) is 0 Å². The molecule has 130 valence electrons. The van der Waals surface area contributed by atoms with Crippen molar-refractivity contribution < 1.29 is 9.26 Å². The summed E-state index contributed by atoms with van der Waals surface area (Å²) in [5.41, 5.74) is 5.75. The molecular formula is C21H22ClNO2. The average molecular weight is 356 g/mol. The number of rotatable bonds is 3. The van der Waals surface area contributed by atoms with E-state index in [0.29, 0.717) is 17.0 Å². The number of hydrogen-bond acceptors (Lipinski definition) is 3. The smallest absolute Gasteiger partial charge is 0.167 e. The van der Waals surface area contributed by atoms with E-state index < -0.39 is 0 Å². The minimum Gasteiger partial charge on any atom is -0.489 e. The summed E-state index contributed by atoms with van der Waals surface area (Å²) >= 11 is 6.40. The zero-order chi connectivity index (χ0) is 17.6.